The highest BCUT2D eigenvalue weighted by atomic mass is 32.2. The second kappa shape index (κ2) is 7.17. The van der Waals surface area contributed by atoms with Crippen LogP contribution < -0.4 is 4.72 Å². The van der Waals surface area contributed by atoms with Gasteiger partial charge in [-0.25, -0.2) is 18.1 Å². The van der Waals surface area contributed by atoms with Gasteiger partial charge in [-0.3, -0.25) is 10.1 Å². The van der Waals surface area contributed by atoms with Crippen LogP contribution >= 0.6 is 0 Å². The fourth-order valence-electron chi connectivity index (χ4n) is 2.53. The molecule has 0 saturated heterocycles. The van der Waals surface area contributed by atoms with Crippen molar-refractivity contribution >= 4 is 37.8 Å². The fraction of sp³-hybridized carbons (Fsp3) is 0.211. The molecule has 0 aliphatic rings. The first kappa shape index (κ1) is 19.7. The number of sulfonamides is 1. The molecule has 0 unspecified atom stereocenters. The van der Waals surface area contributed by atoms with Crippen molar-refractivity contribution < 1.29 is 17.8 Å². The number of para-hydroxylation sites is 2. The molecule has 2 aromatic carbocycles. The molecule has 0 atom stereocenters. The SMILES string of the molecule is CC(C)(C)NS(=O)(=O)/C(=C\c1ccc([N+](=O)[O-])cc1)c1nc2ccccc2o1. The Hall–Kier alpha value is -3.04. The van der Waals surface area contributed by atoms with Crippen LogP contribution in [0.1, 0.15) is 32.2 Å². The lowest BCUT2D eigenvalue weighted by atomic mass is 10.1. The Morgan fingerprint density at radius 2 is 1.79 bits per heavy atom. The van der Waals surface area contributed by atoms with Crippen molar-refractivity contribution in [2.75, 3.05) is 0 Å². The summed E-state index contributed by atoms with van der Waals surface area (Å²) in [7, 11) is -3.98. The van der Waals surface area contributed by atoms with Crippen LogP contribution in [0, 0.1) is 10.1 Å². The van der Waals surface area contributed by atoms with E-state index in [-0.39, 0.29) is 16.5 Å². The van der Waals surface area contributed by atoms with E-state index >= 15 is 0 Å². The number of nitrogens with zero attached hydrogens (tertiary/aromatic N) is 2. The highest BCUT2D eigenvalue weighted by Crippen LogP contribution is 2.28. The summed E-state index contributed by atoms with van der Waals surface area (Å²) in [6.07, 6.45) is 1.38. The molecular weight excluding hydrogens is 382 g/mol. The number of benzene rings is 2. The first-order chi connectivity index (χ1) is 13.0. The van der Waals surface area contributed by atoms with Crippen molar-refractivity contribution in [3.8, 4) is 0 Å². The zero-order chi connectivity index (χ0) is 20.5. The molecule has 8 nitrogen and oxygen atoms in total. The minimum absolute atomic E-state index is 0.0590. The summed E-state index contributed by atoms with van der Waals surface area (Å²) in [5.41, 5.74) is 0.633. The van der Waals surface area contributed by atoms with Gasteiger partial charge in [0, 0.05) is 17.7 Å². The van der Waals surface area contributed by atoms with Crippen LogP contribution in [0.4, 0.5) is 5.69 Å². The third-order valence-electron chi connectivity index (χ3n) is 3.64. The Kier molecular flexibility index (Phi) is 5.05. The molecule has 0 aliphatic heterocycles. The van der Waals surface area contributed by atoms with Crippen LogP contribution in [0.15, 0.2) is 52.9 Å². The van der Waals surface area contributed by atoms with Gasteiger partial charge in [-0.05, 0) is 56.7 Å². The van der Waals surface area contributed by atoms with E-state index < -0.39 is 20.5 Å². The Balaban J connectivity index is 2.14. The van der Waals surface area contributed by atoms with Crippen molar-refractivity contribution in [3.05, 3.63) is 70.1 Å². The molecule has 0 radical (unpaired) electrons. The van der Waals surface area contributed by atoms with E-state index in [1.54, 1.807) is 45.0 Å². The summed E-state index contributed by atoms with van der Waals surface area (Å²) >= 11 is 0. The summed E-state index contributed by atoms with van der Waals surface area (Å²) in [6, 6.07) is 12.5. The number of non-ortho nitro benzene ring substituents is 1. The molecule has 146 valence electrons. The standard InChI is InChI=1S/C19H19N3O5S/c1-19(2,3)21-28(25,26)17(12-13-8-10-14(11-9-13)22(23)24)18-20-15-6-4-5-7-16(15)27-18/h4-12,21H,1-3H3/b17-12-. The van der Waals surface area contributed by atoms with Crippen LogP contribution in [0.2, 0.25) is 0 Å². The van der Waals surface area contributed by atoms with Crippen molar-refractivity contribution in [1.29, 1.82) is 0 Å². The molecule has 1 heterocycles. The minimum Gasteiger partial charge on any atom is -0.435 e. The van der Waals surface area contributed by atoms with E-state index in [0.29, 0.717) is 16.7 Å². The van der Waals surface area contributed by atoms with Crippen molar-refractivity contribution in [1.82, 2.24) is 9.71 Å². The highest BCUT2D eigenvalue weighted by molar-refractivity contribution is 7.99. The van der Waals surface area contributed by atoms with Crippen LogP contribution in [0.25, 0.3) is 22.1 Å². The maximum atomic E-state index is 13.0. The lowest BCUT2D eigenvalue weighted by molar-refractivity contribution is -0.384. The van der Waals surface area contributed by atoms with Gasteiger partial charge < -0.3 is 4.42 Å². The summed E-state index contributed by atoms with van der Waals surface area (Å²) in [5, 5.41) is 10.8. The van der Waals surface area contributed by atoms with Gasteiger partial charge in [-0.2, -0.15) is 0 Å². The van der Waals surface area contributed by atoms with Crippen molar-refractivity contribution in [2.24, 2.45) is 0 Å². The van der Waals surface area contributed by atoms with Gasteiger partial charge in [-0.15, -0.1) is 0 Å². The van der Waals surface area contributed by atoms with Crippen LogP contribution in [0.3, 0.4) is 0 Å². The Labute approximate surface area is 162 Å². The Morgan fingerprint density at radius 3 is 2.36 bits per heavy atom. The highest BCUT2D eigenvalue weighted by Gasteiger charge is 2.29. The third kappa shape index (κ3) is 4.44. The molecular formula is C19H19N3O5S. The fourth-order valence-corrected chi connectivity index (χ4v) is 4.06. The first-order valence-corrected chi connectivity index (χ1v) is 9.90. The zero-order valence-corrected chi connectivity index (χ0v) is 16.4. The van der Waals surface area contributed by atoms with Crippen molar-refractivity contribution in [2.45, 2.75) is 26.3 Å². The predicted octanol–water partition coefficient (Wildman–Crippen LogP) is 3.95. The summed E-state index contributed by atoms with van der Waals surface area (Å²) in [4.78, 5) is 14.4. The summed E-state index contributed by atoms with van der Waals surface area (Å²) in [5.74, 6) is -0.0590. The van der Waals surface area contributed by atoms with Gasteiger partial charge in [0.15, 0.2) is 5.58 Å². The monoisotopic (exact) mass is 401 g/mol. The number of nitrogens with one attached hydrogen (secondary N) is 1. The molecule has 3 aromatic rings. The second-order valence-electron chi connectivity index (χ2n) is 7.20. The number of fused-ring (bicyclic) bond motifs is 1. The molecule has 0 spiro atoms. The number of aromatic nitrogens is 1. The number of nitro benzene ring substituents is 1. The van der Waals surface area contributed by atoms with Gasteiger partial charge in [0.25, 0.3) is 5.69 Å². The predicted molar refractivity (Wildman–Crippen MR) is 107 cm³/mol. The average Bonchev–Trinajstić information content (AvgIpc) is 3.01. The molecule has 28 heavy (non-hydrogen) atoms. The molecule has 0 amide bonds. The molecule has 9 heteroatoms. The van der Waals surface area contributed by atoms with Crippen LogP contribution in [-0.4, -0.2) is 23.9 Å². The average molecular weight is 401 g/mol. The first-order valence-electron chi connectivity index (χ1n) is 8.41. The summed E-state index contributed by atoms with van der Waals surface area (Å²) in [6.45, 7) is 5.17. The van der Waals surface area contributed by atoms with E-state index in [1.165, 1.54) is 30.3 Å². The quantitative estimate of drug-likeness (QED) is 0.511. The molecule has 1 N–H and O–H groups in total. The Morgan fingerprint density at radius 1 is 1.14 bits per heavy atom. The number of hydrogen-bond acceptors (Lipinski definition) is 6. The van der Waals surface area contributed by atoms with Gasteiger partial charge in [0.2, 0.25) is 15.9 Å². The molecule has 1 aromatic heterocycles. The smallest absolute Gasteiger partial charge is 0.269 e. The number of hydrogen-bond donors (Lipinski definition) is 1. The van der Waals surface area contributed by atoms with Gasteiger partial charge >= 0.3 is 0 Å². The largest absolute Gasteiger partial charge is 0.435 e. The van der Waals surface area contributed by atoms with Crippen LogP contribution in [0.5, 0.6) is 0 Å². The lowest BCUT2D eigenvalue weighted by Crippen LogP contribution is -2.40. The van der Waals surface area contributed by atoms with E-state index in [1.807, 2.05) is 0 Å². The van der Waals surface area contributed by atoms with E-state index in [4.69, 9.17) is 4.42 Å². The number of nitro groups is 1. The topological polar surface area (TPSA) is 115 Å². The molecule has 3 rings (SSSR count). The van der Waals surface area contributed by atoms with Gasteiger partial charge in [-0.1, -0.05) is 12.1 Å². The van der Waals surface area contributed by atoms with Crippen LogP contribution in [-0.2, 0) is 10.0 Å². The molecule has 0 bridgehead atoms. The lowest BCUT2D eigenvalue weighted by Gasteiger charge is -2.20. The molecule has 0 aliphatic carbocycles. The summed E-state index contributed by atoms with van der Waals surface area (Å²) < 4.78 is 34.3. The number of rotatable bonds is 5. The van der Waals surface area contributed by atoms with Crippen molar-refractivity contribution in [3.63, 3.8) is 0 Å². The molecule has 0 fully saturated rings. The maximum Gasteiger partial charge on any atom is 0.269 e. The maximum absolute atomic E-state index is 13.0. The van der Waals surface area contributed by atoms with E-state index in [9.17, 15) is 18.5 Å². The van der Waals surface area contributed by atoms with E-state index in [0.717, 1.165) is 0 Å². The van der Waals surface area contributed by atoms with Gasteiger partial charge in [0.05, 0.1) is 4.92 Å². The Bertz CT molecular complexity index is 1120. The minimum atomic E-state index is -3.98. The van der Waals surface area contributed by atoms with Gasteiger partial charge in [0.1, 0.15) is 10.4 Å². The number of oxazole rings is 1. The molecule has 0 saturated carbocycles. The zero-order valence-electron chi connectivity index (χ0n) is 15.5. The normalized spacial score (nSPS) is 13.0. The second-order valence-corrected chi connectivity index (χ2v) is 8.85. The van der Waals surface area contributed by atoms with E-state index in [2.05, 4.69) is 9.71 Å². The third-order valence-corrected chi connectivity index (χ3v) is 5.39.